The number of sulfone groups is 1. The van der Waals surface area contributed by atoms with Gasteiger partial charge in [-0.05, 0) is 30.7 Å². The van der Waals surface area contributed by atoms with Crippen LogP contribution in [0.5, 0.6) is 5.75 Å². The Morgan fingerprint density at radius 3 is 2.32 bits per heavy atom. The smallest absolute Gasteiger partial charge is 0.176 e. The lowest BCUT2D eigenvalue weighted by molar-refractivity contribution is 0.227. The lowest BCUT2D eigenvalue weighted by Crippen LogP contribution is -2.03. The third kappa shape index (κ3) is 3.58. The summed E-state index contributed by atoms with van der Waals surface area (Å²) in [6.07, 6.45) is 1.06. The molecule has 19 heavy (non-hydrogen) atoms. The first-order chi connectivity index (χ1) is 8.97. The van der Waals surface area contributed by atoms with E-state index in [1.54, 1.807) is 12.1 Å². The van der Waals surface area contributed by atoms with Gasteiger partial charge in [0.25, 0.3) is 0 Å². The zero-order chi connectivity index (χ0) is 13.9. The molecule has 0 fully saturated rings. The third-order valence-corrected chi connectivity index (χ3v) is 3.79. The standard InChI is InChI=1S/C15H15O3S/c1-12(13-6-4-3-5-7-13)18-14-8-10-15(11-9-14)19(2,16)17/h3-10,12H,1-2H3. The van der Waals surface area contributed by atoms with Crippen LogP contribution in [-0.4, -0.2) is 14.7 Å². The molecule has 1 atom stereocenters. The molecule has 0 aromatic heterocycles. The van der Waals surface area contributed by atoms with Gasteiger partial charge in [-0.2, -0.15) is 0 Å². The normalized spacial score (nSPS) is 12.9. The van der Waals surface area contributed by atoms with Crippen molar-refractivity contribution in [1.29, 1.82) is 0 Å². The van der Waals surface area contributed by atoms with Crippen LogP contribution >= 0.6 is 0 Å². The van der Waals surface area contributed by atoms with Crippen LogP contribution < -0.4 is 4.74 Å². The Morgan fingerprint density at radius 1 is 1.11 bits per heavy atom. The molecule has 2 rings (SSSR count). The number of hydrogen-bond donors (Lipinski definition) is 0. The molecule has 4 heteroatoms. The van der Waals surface area contributed by atoms with Crippen molar-refractivity contribution in [2.45, 2.75) is 17.9 Å². The predicted molar refractivity (Wildman–Crippen MR) is 73.9 cm³/mol. The van der Waals surface area contributed by atoms with E-state index in [9.17, 15) is 8.42 Å². The fourth-order valence-electron chi connectivity index (χ4n) is 1.70. The molecule has 0 N–H and O–H groups in total. The summed E-state index contributed by atoms with van der Waals surface area (Å²) in [5.41, 5.74) is 1.06. The molecule has 2 aromatic carbocycles. The van der Waals surface area contributed by atoms with E-state index >= 15 is 0 Å². The van der Waals surface area contributed by atoms with Gasteiger partial charge in [0.2, 0.25) is 0 Å². The number of hydrogen-bond acceptors (Lipinski definition) is 3. The molecule has 0 bridgehead atoms. The van der Waals surface area contributed by atoms with Crippen molar-refractivity contribution in [1.82, 2.24) is 0 Å². The Balaban J connectivity index is 2.12. The van der Waals surface area contributed by atoms with Gasteiger partial charge in [-0.3, -0.25) is 0 Å². The average Bonchev–Trinajstić information content (AvgIpc) is 2.39. The van der Waals surface area contributed by atoms with E-state index in [4.69, 9.17) is 4.74 Å². The molecular formula is C15H15O3S. The lowest BCUT2D eigenvalue weighted by atomic mass is 10.1. The monoisotopic (exact) mass is 275 g/mol. The van der Waals surface area contributed by atoms with Gasteiger partial charge in [-0.25, -0.2) is 8.42 Å². The van der Waals surface area contributed by atoms with E-state index in [-0.39, 0.29) is 11.0 Å². The average molecular weight is 275 g/mol. The maximum Gasteiger partial charge on any atom is 0.176 e. The lowest BCUT2D eigenvalue weighted by Gasteiger charge is -2.15. The summed E-state index contributed by atoms with van der Waals surface area (Å²) in [6, 6.07) is 17.2. The van der Waals surface area contributed by atoms with Gasteiger partial charge in [-0.1, -0.05) is 30.3 Å². The molecule has 1 radical (unpaired) electrons. The van der Waals surface area contributed by atoms with E-state index in [1.165, 1.54) is 6.07 Å². The van der Waals surface area contributed by atoms with Gasteiger partial charge >= 0.3 is 0 Å². The van der Waals surface area contributed by atoms with Crippen LogP contribution in [0.4, 0.5) is 0 Å². The Morgan fingerprint density at radius 2 is 1.79 bits per heavy atom. The van der Waals surface area contributed by atoms with Gasteiger partial charge < -0.3 is 4.74 Å². The van der Waals surface area contributed by atoms with Crippen LogP contribution in [0.1, 0.15) is 18.6 Å². The summed E-state index contributed by atoms with van der Waals surface area (Å²) < 4.78 is 28.4. The molecule has 0 heterocycles. The van der Waals surface area contributed by atoms with Crippen LogP contribution in [0.2, 0.25) is 0 Å². The minimum atomic E-state index is -3.21. The van der Waals surface area contributed by atoms with Crippen LogP contribution in [0, 0.1) is 6.07 Å². The maximum atomic E-state index is 11.3. The molecule has 0 spiro atoms. The van der Waals surface area contributed by atoms with E-state index in [0.29, 0.717) is 5.75 Å². The Labute approximate surface area is 113 Å². The van der Waals surface area contributed by atoms with Gasteiger partial charge in [0, 0.05) is 12.3 Å². The minimum absolute atomic E-state index is 0.0984. The number of benzene rings is 2. The van der Waals surface area contributed by atoms with Crippen LogP contribution in [0.15, 0.2) is 53.4 Å². The quantitative estimate of drug-likeness (QED) is 0.861. The zero-order valence-electron chi connectivity index (χ0n) is 10.8. The summed E-state index contributed by atoms with van der Waals surface area (Å²) in [7, 11) is -3.21. The molecule has 99 valence electrons. The highest BCUT2D eigenvalue weighted by Crippen LogP contribution is 2.22. The summed E-state index contributed by atoms with van der Waals surface area (Å²) in [5, 5.41) is 0. The molecule has 1 unspecified atom stereocenters. The summed E-state index contributed by atoms with van der Waals surface area (Å²) >= 11 is 0. The molecule has 0 saturated heterocycles. The van der Waals surface area contributed by atoms with E-state index in [0.717, 1.165) is 11.8 Å². The summed E-state index contributed by atoms with van der Waals surface area (Å²) in [6.45, 7) is 1.94. The van der Waals surface area contributed by atoms with Crippen molar-refractivity contribution in [3.05, 3.63) is 60.2 Å². The number of ether oxygens (including phenoxy) is 1. The van der Waals surface area contributed by atoms with Crippen LogP contribution in [0.25, 0.3) is 0 Å². The largest absolute Gasteiger partial charge is 0.486 e. The van der Waals surface area contributed by atoms with Gasteiger partial charge in [0.05, 0.1) is 4.90 Å². The molecule has 0 aliphatic heterocycles. The Hall–Kier alpha value is -1.81. The SMILES string of the molecule is CC(Oc1c[c]c(S(C)(=O)=O)cc1)c1ccccc1. The Kier molecular flexibility index (Phi) is 3.90. The van der Waals surface area contributed by atoms with Crippen molar-refractivity contribution < 1.29 is 13.2 Å². The minimum Gasteiger partial charge on any atom is -0.486 e. The van der Waals surface area contributed by atoms with E-state index < -0.39 is 9.84 Å². The van der Waals surface area contributed by atoms with Crippen molar-refractivity contribution in [3.63, 3.8) is 0 Å². The molecule has 0 aliphatic rings. The topological polar surface area (TPSA) is 43.4 Å². The maximum absolute atomic E-state index is 11.3. The van der Waals surface area contributed by atoms with Gasteiger partial charge in [0.15, 0.2) is 9.84 Å². The predicted octanol–water partition coefficient (Wildman–Crippen LogP) is 3.03. The zero-order valence-corrected chi connectivity index (χ0v) is 11.6. The molecule has 0 saturated carbocycles. The second kappa shape index (κ2) is 5.45. The second-order valence-electron chi connectivity index (χ2n) is 4.33. The highest BCUT2D eigenvalue weighted by atomic mass is 32.2. The molecule has 0 amide bonds. The highest BCUT2D eigenvalue weighted by Gasteiger charge is 2.09. The van der Waals surface area contributed by atoms with Crippen molar-refractivity contribution in [3.8, 4) is 5.75 Å². The summed E-state index contributed by atoms with van der Waals surface area (Å²) in [5.74, 6) is 0.601. The van der Waals surface area contributed by atoms with Crippen LogP contribution in [0.3, 0.4) is 0 Å². The second-order valence-corrected chi connectivity index (χ2v) is 6.32. The van der Waals surface area contributed by atoms with Gasteiger partial charge in [0.1, 0.15) is 11.9 Å². The van der Waals surface area contributed by atoms with E-state index in [2.05, 4.69) is 6.07 Å². The Bertz CT molecular complexity index is 631. The molecular weight excluding hydrogens is 260 g/mol. The van der Waals surface area contributed by atoms with E-state index in [1.807, 2.05) is 37.3 Å². The first-order valence-corrected chi connectivity index (χ1v) is 7.79. The van der Waals surface area contributed by atoms with Crippen molar-refractivity contribution >= 4 is 9.84 Å². The van der Waals surface area contributed by atoms with Crippen molar-refractivity contribution in [2.24, 2.45) is 0 Å². The first-order valence-electron chi connectivity index (χ1n) is 5.90. The molecule has 2 aromatic rings. The van der Waals surface area contributed by atoms with Crippen molar-refractivity contribution in [2.75, 3.05) is 6.26 Å². The summed E-state index contributed by atoms with van der Waals surface area (Å²) in [4.78, 5) is 0.173. The molecule has 0 aliphatic carbocycles. The van der Waals surface area contributed by atoms with Crippen LogP contribution in [-0.2, 0) is 9.84 Å². The first kappa shape index (κ1) is 13.6. The third-order valence-electron chi connectivity index (χ3n) is 2.74. The highest BCUT2D eigenvalue weighted by molar-refractivity contribution is 7.90. The molecule has 3 nitrogen and oxygen atoms in total. The van der Waals surface area contributed by atoms with Gasteiger partial charge in [-0.15, -0.1) is 0 Å². The fraction of sp³-hybridized carbons (Fsp3) is 0.200. The number of rotatable bonds is 4. The fourth-order valence-corrected chi connectivity index (χ4v) is 2.28.